The van der Waals surface area contributed by atoms with E-state index in [-0.39, 0.29) is 41.4 Å². The Hall–Kier alpha value is -3.96. The molecule has 31 heavy (non-hydrogen) atoms. The van der Waals surface area contributed by atoms with Gasteiger partial charge in [-0.25, -0.2) is 9.78 Å². The standard InChI is InChI=1S/C19H21N5O7/c1-2-29-19(26)31-14-7-9-23(10-8-14)17-15(24(27)28)18(22-11-21-17)30-13-5-3-12(4-6-13)16(20)25/h3-6,11,14H,2,7-10H2,1H3,(H2,20,25). The molecule has 1 aliphatic rings. The number of carbonyl (C=O) groups excluding carboxylic acids is 2. The van der Waals surface area contributed by atoms with Crippen molar-refractivity contribution in [3.8, 4) is 11.6 Å². The molecule has 2 aromatic rings. The Labute approximate surface area is 177 Å². The smallest absolute Gasteiger partial charge is 0.435 e. The molecule has 0 unspecified atom stereocenters. The second kappa shape index (κ2) is 9.69. The van der Waals surface area contributed by atoms with Gasteiger partial charge < -0.3 is 24.8 Å². The van der Waals surface area contributed by atoms with Crippen LogP contribution in [0, 0.1) is 10.1 Å². The van der Waals surface area contributed by atoms with Crippen LogP contribution in [0.15, 0.2) is 30.6 Å². The number of nitrogens with zero attached hydrogens (tertiary/aromatic N) is 4. The number of piperidine rings is 1. The van der Waals surface area contributed by atoms with Crippen LogP contribution in [0.25, 0.3) is 0 Å². The van der Waals surface area contributed by atoms with Gasteiger partial charge in [0.1, 0.15) is 18.2 Å². The number of carbonyl (C=O) groups is 2. The molecule has 2 heterocycles. The highest BCUT2D eigenvalue weighted by atomic mass is 16.7. The molecule has 0 bridgehead atoms. The number of amides is 1. The van der Waals surface area contributed by atoms with E-state index in [1.807, 2.05) is 0 Å². The molecule has 0 radical (unpaired) electrons. The van der Waals surface area contributed by atoms with Gasteiger partial charge in [-0.05, 0) is 31.2 Å². The molecule has 1 aromatic carbocycles. The summed E-state index contributed by atoms with van der Waals surface area (Å²) in [5.74, 6) is -0.471. The van der Waals surface area contributed by atoms with Gasteiger partial charge in [0.25, 0.3) is 0 Å². The number of benzene rings is 1. The Balaban J connectivity index is 1.76. The van der Waals surface area contributed by atoms with Gasteiger partial charge in [-0.2, -0.15) is 4.98 Å². The molecular weight excluding hydrogens is 410 g/mol. The van der Waals surface area contributed by atoms with E-state index in [0.717, 1.165) is 0 Å². The van der Waals surface area contributed by atoms with Crippen LogP contribution in [0.5, 0.6) is 11.6 Å². The number of hydrogen-bond acceptors (Lipinski definition) is 10. The van der Waals surface area contributed by atoms with Gasteiger partial charge in [0.05, 0.1) is 11.5 Å². The van der Waals surface area contributed by atoms with Crippen LogP contribution in [0.2, 0.25) is 0 Å². The van der Waals surface area contributed by atoms with Crippen molar-refractivity contribution in [2.24, 2.45) is 5.73 Å². The first-order chi connectivity index (χ1) is 14.9. The number of nitrogens with two attached hydrogens (primary N) is 1. The molecule has 1 amide bonds. The van der Waals surface area contributed by atoms with Crippen LogP contribution < -0.4 is 15.4 Å². The quantitative estimate of drug-likeness (QED) is 0.391. The zero-order valence-electron chi connectivity index (χ0n) is 16.7. The second-order valence-electron chi connectivity index (χ2n) is 6.59. The molecule has 0 atom stereocenters. The van der Waals surface area contributed by atoms with Crippen molar-refractivity contribution in [1.82, 2.24) is 9.97 Å². The van der Waals surface area contributed by atoms with E-state index in [4.69, 9.17) is 19.9 Å². The number of anilines is 1. The van der Waals surface area contributed by atoms with Crippen LogP contribution >= 0.6 is 0 Å². The molecule has 12 nitrogen and oxygen atoms in total. The number of hydrogen-bond donors (Lipinski definition) is 1. The fourth-order valence-electron chi connectivity index (χ4n) is 3.09. The predicted octanol–water partition coefficient (Wildman–Crippen LogP) is 2.42. The van der Waals surface area contributed by atoms with Gasteiger partial charge in [-0.15, -0.1) is 0 Å². The Morgan fingerprint density at radius 2 is 1.90 bits per heavy atom. The third-order valence-electron chi connectivity index (χ3n) is 4.57. The minimum absolute atomic E-state index is 0.110. The maximum Gasteiger partial charge on any atom is 0.508 e. The minimum Gasteiger partial charge on any atom is -0.435 e. The van der Waals surface area contributed by atoms with Gasteiger partial charge in [-0.1, -0.05) is 0 Å². The molecule has 1 saturated heterocycles. The Morgan fingerprint density at radius 3 is 2.48 bits per heavy atom. The lowest BCUT2D eigenvalue weighted by Crippen LogP contribution is -2.38. The van der Waals surface area contributed by atoms with Crippen molar-refractivity contribution in [3.05, 3.63) is 46.3 Å². The molecule has 1 aliphatic heterocycles. The first-order valence-electron chi connectivity index (χ1n) is 9.54. The largest absolute Gasteiger partial charge is 0.508 e. The number of ether oxygens (including phenoxy) is 3. The number of aromatic nitrogens is 2. The van der Waals surface area contributed by atoms with Crippen LogP contribution in [0.1, 0.15) is 30.1 Å². The molecule has 0 spiro atoms. The molecule has 0 aliphatic carbocycles. The summed E-state index contributed by atoms with van der Waals surface area (Å²) >= 11 is 0. The third kappa shape index (κ3) is 5.35. The van der Waals surface area contributed by atoms with Crippen LogP contribution in [-0.4, -0.2) is 52.8 Å². The number of nitro groups is 1. The van der Waals surface area contributed by atoms with Crippen LogP contribution in [0.3, 0.4) is 0 Å². The van der Waals surface area contributed by atoms with Gasteiger partial charge in [0.15, 0.2) is 0 Å². The molecule has 1 aromatic heterocycles. The lowest BCUT2D eigenvalue weighted by molar-refractivity contribution is -0.385. The summed E-state index contributed by atoms with van der Waals surface area (Å²) in [5, 5.41) is 11.8. The average Bonchev–Trinajstić information content (AvgIpc) is 2.74. The first-order valence-corrected chi connectivity index (χ1v) is 9.54. The molecular formula is C19H21N5O7. The monoisotopic (exact) mass is 431 g/mol. The Kier molecular flexibility index (Phi) is 6.80. The zero-order valence-corrected chi connectivity index (χ0v) is 16.7. The van der Waals surface area contributed by atoms with E-state index < -0.39 is 17.0 Å². The lowest BCUT2D eigenvalue weighted by Gasteiger charge is -2.31. The molecule has 2 N–H and O–H groups in total. The summed E-state index contributed by atoms with van der Waals surface area (Å²) in [6.07, 6.45) is 1.04. The summed E-state index contributed by atoms with van der Waals surface area (Å²) < 4.78 is 15.6. The highest BCUT2D eigenvalue weighted by Crippen LogP contribution is 2.37. The molecule has 3 rings (SSSR count). The zero-order chi connectivity index (χ0) is 22.4. The third-order valence-corrected chi connectivity index (χ3v) is 4.57. The van der Waals surface area contributed by atoms with Crippen molar-refractivity contribution < 1.29 is 28.7 Å². The molecule has 12 heteroatoms. The summed E-state index contributed by atoms with van der Waals surface area (Å²) in [4.78, 5) is 43.5. The summed E-state index contributed by atoms with van der Waals surface area (Å²) in [5.41, 5.74) is 5.10. The highest BCUT2D eigenvalue weighted by molar-refractivity contribution is 5.92. The lowest BCUT2D eigenvalue weighted by atomic mass is 10.1. The van der Waals surface area contributed by atoms with E-state index in [2.05, 4.69) is 9.97 Å². The van der Waals surface area contributed by atoms with Crippen LogP contribution in [-0.2, 0) is 9.47 Å². The average molecular weight is 431 g/mol. The topological polar surface area (TPSA) is 160 Å². The van der Waals surface area contributed by atoms with E-state index in [1.54, 1.807) is 11.8 Å². The van der Waals surface area contributed by atoms with Gasteiger partial charge in [-0.3, -0.25) is 14.9 Å². The minimum atomic E-state index is -0.730. The van der Waals surface area contributed by atoms with Crippen molar-refractivity contribution in [2.75, 3.05) is 24.6 Å². The summed E-state index contributed by atoms with van der Waals surface area (Å²) in [6, 6.07) is 5.81. The fraction of sp³-hybridized carbons (Fsp3) is 0.368. The van der Waals surface area contributed by atoms with Crippen molar-refractivity contribution >= 4 is 23.6 Å². The van der Waals surface area contributed by atoms with Crippen LogP contribution in [0.4, 0.5) is 16.3 Å². The Morgan fingerprint density at radius 1 is 1.23 bits per heavy atom. The fourth-order valence-corrected chi connectivity index (χ4v) is 3.09. The van der Waals surface area contributed by atoms with E-state index in [9.17, 15) is 19.7 Å². The summed E-state index contributed by atoms with van der Waals surface area (Å²) in [7, 11) is 0. The van der Waals surface area contributed by atoms with E-state index in [1.165, 1.54) is 30.6 Å². The van der Waals surface area contributed by atoms with E-state index in [0.29, 0.717) is 25.9 Å². The number of rotatable bonds is 7. The second-order valence-corrected chi connectivity index (χ2v) is 6.59. The van der Waals surface area contributed by atoms with Crippen molar-refractivity contribution in [1.29, 1.82) is 0 Å². The molecule has 0 saturated carbocycles. The number of primary amides is 1. The molecule has 1 fully saturated rings. The normalized spacial score (nSPS) is 14.0. The molecule has 164 valence electrons. The van der Waals surface area contributed by atoms with E-state index >= 15 is 0 Å². The van der Waals surface area contributed by atoms with Gasteiger partial charge >= 0.3 is 17.7 Å². The Bertz CT molecular complexity index is 959. The highest BCUT2D eigenvalue weighted by Gasteiger charge is 2.32. The van der Waals surface area contributed by atoms with Gasteiger partial charge in [0, 0.05) is 31.5 Å². The maximum atomic E-state index is 11.8. The first kappa shape index (κ1) is 21.7. The van der Waals surface area contributed by atoms with Crippen molar-refractivity contribution in [3.63, 3.8) is 0 Å². The van der Waals surface area contributed by atoms with Crippen molar-refractivity contribution in [2.45, 2.75) is 25.9 Å². The predicted molar refractivity (Wildman–Crippen MR) is 107 cm³/mol. The maximum absolute atomic E-state index is 11.8. The summed E-state index contributed by atoms with van der Waals surface area (Å²) in [6.45, 7) is 2.67. The van der Waals surface area contributed by atoms with Gasteiger partial charge in [0.2, 0.25) is 11.7 Å². The SMILES string of the molecule is CCOC(=O)OC1CCN(c2ncnc(Oc3ccc(C(N)=O)cc3)c2[N+](=O)[O-])CC1.